The first-order chi connectivity index (χ1) is 9.28. The van der Waals surface area contributed by atoms with Gasteiger partial charge in [-0.15, -0.1) is 0 Å². The van der Waals surface area contributed by atoms with Crippen molar-refractivity contribution in [1.82, 2.24) is 19.9 Å². The number of aromatic amines is 1. The second-order valence-electron chi connectivity index (χ2n) is 5.20. The summed E-state index contributed by atoms with van der Waals surface area (Å²) in [5.74, 6) is 0.785. The molecule has 1 aliphatic heterocycles. The minimum Gasteiger partial charge on any atom is -0.338 e. The zero-order valence-corrected chi connectivity index (χ0v) is 11.1. The molecule has 5 heteroatoms. The fraction of sp³-hybridized carbons (Fsp3) is 0.500. The van der Waals surface area contributed by atoms with E-state index in [1.54, 1.807) is 12.5 Å². The van der Waals surface area contributed by atoms with Crippen molar-refractivity contribution in [3.8, 4) is 0 Å². The molecular formula is C14H18N4O. The SMILES string of the molecule is CCCC1CC(=O)N(Cc2ccnc3[nH]cnc23)C1. The van der Waals surface area contributed by atoms with Gasteiger partial charge in [-0.25, -0.2) is 9.97 Å². The Labute approximate surface area is 112 Å². The molecule has 100 valence electrons. The maximum absolute atomic E-state index is 12.0. The zero-order valence-electron chi connectivity index (χ0n) is 11.1. The molecule has 0 radical (unpaired) electrons. The molecule has 3 heterocycles. The van der Waals surface area contributed by atoms with E-state index in [1.807, 2.05) is 11.0 Å². The van der Waals surface area contributed by atoms with Crippen molar-refractivity contribution in [2.75, 3.05) is 6.54 Å². The maximum Gasteiger partial charge on any atom is 0.223 e. The number of nitrogens with zero attached hydrogens (tertiary/aromatic N) is 3. The molecule has 0 saturated carbocycles. The van der Waals surface area contributed by atoms with Gasteiger partial charge < -0.3 is 9.88 Å². The number of hydrogen-bond donors (Lipinski definition) is 1. The summed E-state index contributed by atoms with van der Waals surface area (Å²) in [5, 5.41) is 0. The monoisotopic (exact) mass is 258 g/mol. The van der Waals surface area contributed by atoms with Crippen LogP contribution >= 0.6 is 0 Å². The van der Waals surface area contributed by atoms with Gasteiger partial charge in [-0.05, 0) is 18.4 Å². The van der Waals surface area contributed by atoms with Crippen molar-refractivity contribution in [2.24, 2.45) is 5.92 Å². The molecule has 2 aromatic rings. The Morgan fingerprint density at radius 1 is 1.47 bits per heavy atom. The fourth-order valence-electron chi connectivity index (χ4n) is 2.84. The molecule has 1 N–H and O–H groups in total. The number of rotatable bonds is 4. The molecular weight excluding hydrogens is 240 g/mol. The van der Waals surface area contributed by atoms with E-state index in [0.717, 1.165) is 36.1 Å². The largest absolute Gasteiger partial charge is 0.338 e. The van der Waals surface area contributed by atoms with Crippen LogP contribution in [0.3, 0.4) is 0 Å². The first-order valence-electron chi connectivity index (χ1n) is 6.82. The molecule has 1 aliphatic rings. The maximum atomic E-state index is 12.0. The summed E-state index contributed by atoms with van der Waals surface area (Å²) in [6.45, 7) is 3.69. The van der Waals surface area contributed by atoms with Crippen molar-refractivity contribution in [2.45, 2.75) is 32.7 Å². The van der Waals surface area contributed by atoms with E-state index >= 15 is 0 Å². The average molecular weight is 258 g/mol. The summed E-state index contributed by atoms with van der Waals surface area (Å²) in [5.41, 5.74) is 2.72. The topological polar surface area (TPSA) is 61.9 Å². The molecule has 1 unspecified atom stereocenters. The number of carbonyl (C=O) groups excluding carboxylic acids is 1. The number of pyridine rings is 1. The Morgan fingerprint density at radius 3 is 3.21 bits per heavy atom. The molecule has 0 bridgehead atoms. The van der Waals surface area contributed by atoms with Crippen LogP contribution in [0.25, 0.3) is 11.2 Å². The molecule has 1 fully saturated rings. The molecule has 0 aliphatic carbocycles. The van der Waals surface area contributed by atoms with E-state index in [0.29, 0.717) is 18.9 Å². The molecule has 1 saturated heterocycles. The third-order valence-electron chi connectivity index (χ3n) is 3.76. The highest BCUT2D eigenvalue weighted by Crippen LogP contribution is 2.25. The third kappa shape index (κ3) is 2.32. The van der Waals surface area contributed by atoms with Crippen molar-refractivity contribution < 1.29 is 4.79 Å². The predicted molar refractivity (Wildman–Crippen MR) is 72.3 cm³/mol. The van der Waals surface area contributed by atoms with Gasteiger partial charge in [0.1, 0.15) is 5.52 Å². The van der Waals surface area contributed by atoms with Gasteiger partial charge in [0, 0.05) is 31.3 Å². The van der Waals surface area contributed by atoms with Crippen LogP contribution in [0.5, 0.6) is 0 Å². The van der Waals surface area contributed by atoms with Crippen LogP contribution in [0.15, 0.2) is 18.6 Å². The Bertz CT molecular complexity index is 592. The highest BCUT2D eigenvalue weighted by molar-refractivity contribution is 5.80. The molecule has 0 spiro atoms. The van der Waals surface area contributed by atoms with E-state index in [4.69, 9.17) is 0 Å². The van der Waals surface area contributed by atoms with Crippen molar-refractivity contribution in [1.29, 1.82) is 0 Å². The minimum absolute atomic E-state index is 0.263. The van der Waals surface area contributed by atoms with E-state index in [2.05, 4.69) is 21.9 Å². The van der Waals surface area contributed by atoms with Gasteiger partial charge in [0.15, 0.2) is 5.65 Å². The molecule has 3 rings (SSSR count). The molecule has 1 amide bonds. The van der Waals surface area contributed by atoms with Crippen LogP contribution in [0.2, 0.25) is 0 Å². The first kappa shape index (κ1) is 12.1. The first-order valence-corrected chi connectivity index (χ1v) is 6.82. The number of aromatic nitrogens is 3. The summed E-state index contributed by atoms with van der Waals surface area (Å²) >= 11 is 0. The highest BCUT2D eigenvalue weighted by Gasteiger charge is 2.29. The quantitative estimate of drug-likeness (QED) is 0.913. The number of likely N-dealkylation sites (tertiary alicyclic amines) is 1. The Kier molecular flexibility index (Phi) is 3.19. The Hall–Kier alpha value is -1.91. The van der Waals surface area contributed by atoms with E-state index in [-0.39, 0.29) is 5.91 Å². The van der Waals surface area contributed by atoms with Crippen molar-refractivity contribution in [3.05, 3.63) is 24.2 Å². The lowest BCUT2D eigenvalue weighted by Gasteiger charge is -2.16. The highest BCUT2D eigenvalue weighted by atomic mass is 16.2. The van der Waals surface area contributed by atoms with Gasteiger partial charge in [-0.1, -0.05) is 13.3 Å². The lowest BCUT2D eigenvalue weighted by Crippen LogP contribution is -2.24. The summed E-state index contributed by atoms with van der Waals surface area (Å²) in [6, 6.07) is 1.95. The van der Waals surface area contributed by atoms with E-state index in [9.17, 15) is 4.79 Å². The normalized spacial score (nSPS) is 19.5. The van der Waals surface area contributed by atoms with Crippen molar-refractivity contribution >= 4 is 17.1 Å². The van der Waals surface area contributed by atoms with Gasteiger partial charge in [0.05, 0.1) is 6.33 Å². The molecule has 19 heavy (non-hydrogen) atoms. The van der Waals surface area contributed by atoms with E-state index in [1.165, 1.54) is 0 Å². The number of amides is 1. The summed E-state index contributed by atoms with van der Waals surface area (Å²) < 4.78 is 0. The van der Waals surface area contributed by atoms with Gasteiger partial charge in [0.25, 0.3) is 0 Å². The molecule has 1 atom stereocenters. The lowest BCUT2D eigenvalue weighted by molar-refractivity contribution is -0.128. The standard InChI is InChI=1S/C14H18N4O/c1-2-3-10-6-12(19)18(7-10)8-11-4-5-15-14-13(11)16-9-17-14/h4-5,9-10H,2-3,6-8H2,1H3,(H,15,16,17). The average Bonchev–Trinajstić information content (AvgIpc) is 2.98. The number of H-pyrrole nitrogens is 1. The minimum atomic E-state index is 0.263. The number of fused-ring (bicyclic) bond motifs is 1. The van der Waals surface area contributed by atoms with Crippen LogP contribution in [-0.4, -0.2) is 32.3 Å². The summed E-state index contributed by atoms with van der Waals surface area (Å²) in [4.78, 5) is 25.5. The molecule has 0 aromatic carbocycles. The van der Waals surface area contributed by atoms with Crippen molar-refractivity contribution in [3.63, 3.8) is 0 Å². The predicted octanol–water partition coefficient (Wildman–Crippen LogP) is 2.11. The third-order valence-corrected chi connectivity index (χ3v) is 3.76. The summed E-state index contributed by atoms with van der Waals surface area (Å²) in [6.07, 6.45) is 6.39. The second-order valence-corrected chi connectivity index (χ2v) is 5.20. The van der Waals surface area contributed by atoms with E-state index < -0.39 is 0 Å². The Balaban J connectivity index is 1.78. The number of imidazole rings is 1. The lowest BCUT2D eigenvalue weighted by atomic mass is 10.0. The number of carbonyl (C=O) groups is 1. The van der Waals surface area contributed by atoms with Crippen LogP contribution < -0.4 is 0 Å². The summed E-state index contributed by atoms with van der Waals surface area (Å²) in [7, 11) is 0. The number of hydrogen-bond acceptors (Lipinski definition) is 3. The van der Waals surface area contributed by atoms with Gasteiger partial charge >= 0.3 is 0 Å². The number of nitrogens with one attached hydrogen (secondary N) is 1. The van der Waals surface area contributed by atoms with Crippen LogP contribution in [-0.2, 0) is 11.3 Å². The molecule has 2 aromatic heterocycles. The second kappa shape index (κ2) is 4.99. The van der Waals surface area contributed by atoms with Crippen LogP contribution in [0.1, 0.15) is 31.7 Å². The van der Waals surface area contributed by atoms with Gasteiger partial charge in [0.2, 0.25) is 5.91 Å². The van der Waals surface area contributed by atoms with Crippen LogP contribution in [0, 0.1) is 5.92 Å². The molecule has 5 nitrogen and oxygen atoms in total. The Morgan fingerprint density at radius 2 is 2.37 bits per heavy atom. The fourth-order valence-corrected chi connectivity index (χ4v) is 2.84. The van der Waals surface area contributed by atoms with Gasteiger partial charge in [-0.3, -0.25) is 4.79 Å². The smallest absolute Gasteiger partial charge is 0.223 e. The van der Waals surface area contributed by atoms with Gasteiger partial charge in [-0.2, -0.15) is 0 Å². The zero-order chi connectivity index (χ0) is 13.2. The van der Waals surface area contributed by atoms with Crippen LogP contribution in [0.4, 0.5) is 0 Å².